The lowest BCUT2D eigenvalue weighted by molar-refractivity contribution is -0.176. The average Bonchev–Trinajstić information content (AvgIpc) is 3.15. The molecule has 2 aliphatic carbocycles. The Balaban J connectivity index is 1.81. The first-order chi connectivity index (χ1) is 12.4. The maximum absolute atomic E-state index is 12.6. The van der Waals surface area contributed by atoms with Gasteiger partial charge in [0.2, 0.25) is 0 Å². The van der Waals surface area contributed by atoms with Crippen LogP contribution >= 0.6 is 0 Å². The molecule has 0 aromatic rings. The molecule has 0 amide bonds. The Morgan fingerprint density at radius 3 is 1.67 bits per heavy atom. The van der Waals surface area contributed by atoms with Crippen LogP contribution in [0, 0.1) is 11.8 Å². The zero-order chi connectivity index (χ0) is 20.4. The molecule has 4 unspecified atom stereocenters. The molecule has 0 heterocycles. The number of hydrogen-bond donors (Lipinski definition) is 0. The van der Waals surface area contributed by atoms with Crippen LogP contribution in [0.2, 0.25) is 0 Å². The van der Waals surface area contributed by atoms with Crippen molar-refractivity contribution >= 4 is 11.9 Å². The highest BCUT2D eigenvalue weighted by molar-refractivity contribution is 5.96. The molecular weight excluding hydrogens is 382 g/mol. The van der Waals surface area contributed by atoms with E-state index < -0.39 is 48.3 Å². The number of carbonyl (C=O) groups excluding carboxylic acids is 2. The van der Waals surface area contributed by atoms with Crippen LogP contribution in [0.4, 0.5) is 26.3 Å². The van der Waals surface area contributed by atoms with Gasteiger partial charge in [0.25, 0.3) is 0 Å². The third kappa shape index (κ3) is 6.14. The van der Waals surface area contributed by atoms with E-state index in [0.29, 0.717) is 0 Å². The van der Waals surface area contributed by atoms with Gasteiger partial charge in [-0.15, -0.1) is 0 Å². The molecule has 4 atom stereocenters. The third-order valence-electron chi connectivity index (χ3n) is 4.91. The van der Waals surface area contributed by atoms with Gasteiger partial charge >= 0.3 is 24.3 Å². The summed E-state index contributed by atoms with van der Waals surface area (Å²) >= 11 is 0. The van der Waals surface area contributed by atoms with Crippen molar-refractivity contribution < 1.29 is 45.4 Å². The summed E-state index contributed by atoms with van der Waals surface area (Å²) in [7, 11) is 0. The predicted molar refractivity (Wildman–Crippen MR) is 80.3 cm³/mol. The summed E-state index contributed by atoms with van der Waals surface area (Å²) in [6.07, 6.45) is -10.4. The number of ether oxygens (including phenoxy) is 2. The lowest BCUT2D eigenvalue weighted by Crippen LogP contribution is -2.23. The molecule has 27 heavy (non-hydrogen) atoms. The van der Waals surface area contributed by atoms with E-state index in [1.54, 1.807) is 0 Å². The molecule has 10 heteroatoms. The molecule has 0 saturated heterocycles. The van der Waals surface area contributed by atoms with Crippen LogP contribution in [-0.2, 0) is 19.1 Å². The van der Waals surface area contributed by atoms with Gasteiger partial charge in [0.05, 0.1) is 11.8 Å². The van der Waals surface area contributed by atoms with E-state index in [9.17, 15) is 35.9 Å². The number of carbonyl (C=O) groups is 2. The minimum atomic E-state index is -4.34. The predicted octanol–water partition coefficient (Wildman–Crippen LogP) is 4.48. The molecular formula is C17H20F6O4. The standard InChI is InChI=1S/C17H20F6O4/c1-9(15(25)27-13-5-3-11(8-13)17(21,22)23)6-14(24)26-12-4-2-10(7-12)16(18,19)20/h6,10-13H,2-5,7-8H2,1H3/b9-6+. The molecule has 2 fully saturated rings. The van der Waals surface area contributed by atoms with Crippen molar-refractivity contribution in [2.75, 3.05) is 0 Å². The minimum absolute atomic E-state index is 0.0775. The van der Waals surface area contributed by atoms with Crippen molar-refractivity contribution in [2.45, 2.75) is 70.0 Å². The highest BCUT2D eigenvalue weighted by atomic mass is 19.4. The summed E-state index contributed by atoms with van der Waals surface area (Å²) in [6, 6.07) is 0. The normalized spacial score (nSPS) is 29.7. The zero-order valence-corrected chi connectivity index (χ0v) is 14.5. The maximum atomic E-state index is 12.6. The summed E-state index contributed by atoms with van der Waals surface area (Å²) in [5.74, 6) is -4.96. The van der Waals surface area contributed by atoms with Crippen molar-refractivity contribution in [1.29, 1.82) is 0 Å². The van der Waals surface area contributed by atoms with E-state index in [2.05, 4.69) is 0 Å². The number of alkyl halides is 6. The fourth-order valence-electron chi connectivity index (χ4n) is 3.37. The van der Waals surface area contributed by atoms with Gasteiger partial charge in [-0.05, 0) is 45.4 Å². The first-order valence-electron chi connectivity index (χ1n) is 8.59. The van der Waals surface area contributed by atoms with E-state index in [1.807, 2.05) is 0 Å². The Hall–Kier alpha value is -1.74. The van der Waals surface area contributed by atoms with Crippen LogP contribution < -0.4 is 0 Å². The van der Waals surface area contributed by atoms with E-state index in [-0.39, 0.29) is 44.1 Å². The monoisotopic (exact) mass is 402 g/mol. The highest BCUT2D eigenvalue weighted by Gasteiger charge is 2.46. The molecule has 0 bridgehead atoms. The molecule has 4 nitrogen and oxygen atoms in total. The second-order valence-corrected chi connectivity index (χ2v) is 7.02. The number of halogens is 6. The van der Waals surface area contributed by atoms with Gasteiger partial charge in [0.15, 0.2) is 0 Å². The summed E-state index contributed by atoms with van der Waals surface area (Å²) in [5, 5.41) is 0. The van der Waals surface area contributed by atoms with Crippen LogP contribution in [0.5, 0.6) is 0 Å². The van der Waals surface area contributed by atoms with Gasteiger partial charge in [-0.2, -0.15) is 26.3 Å². The molecule has 0 aliphatic heterocycles. The van der Waals surface area contributed by atoms with Crippen molar-refractivity contribution in [1.82, 2.24) is 0 Å². The Morgan fingerprint density at radius 2 is 1.26 bits per heavy atom. The Kier molecular flexibility index (Phi) is 6.47. The molecule has 2 saturated carbocycles. The van der Waals surface area contributed by atoms with Gasteiger partial charge in [0.1, 0.15) is 12.2 Å². The zero-order valence-electron chi connectivity index (χ0n) is 14.5. The van der Waals surface area contributed by atoms with Crippen molar-refractivity contribution in [3.8, 4) is 0 Å². The molecule has 2 aliphatic rings. The SMILES string of the molecule is C/C(=C\C(=O)OC1CCC(C(F)(F)F)C1)C(=O)OC1CCC(C(F)(F)F)C1. The van der Waals surface area contributed by atoms with Gasteiger partial charge in [-0.3, -0.25) is 0 Å². The first kappa shape index (κ1) is 21.6. The Labute approximate surface area is 151 Å². The lowest BCUT2D eigenvalue weighted by atomic mass is 10.1. The summed E-state index contributed by atoms with van der Waals surface area (Å²) < 4.78 is 85.5. The van der Waals surface area contributed by atoms with Crippen LogP contribution in [0.3, 0.4) is 0 Å². The third-order valence-corrected chi connectivity index (χ3v) is 4.91. The van der Waals surface area contributed by atoms with Crippen LogP contribution in [-0.4, -0.2) is 36.5 Å². The first-order valence-corrected chi connectivity index (χ1v) is 8.59. The molecule has 154 valence electrons. The number of esters is 2. The molecule has 0 radical (unpaired) electrons. The minimum Gasteiger partial charge on any atom is -0.459 e. The quantitative estimate of drug-likeness (QED) is 0.395. The molecule has 0 N–H and O–H groups in total. The van der Waals surface area contributed by atoms with Gasteiger partial charge in [-0.25, -0.2) is 9.59 Å². The van der Waals surface area contributed by atoms with Crippen molar-refractivity contribution in [3.05, 3.63) is 11.6 Å². The van der Waals surface area contributed by atoms with E-state index >= 15 is 0 Å². The fraction of sp³-hybridized carbons (Fsp3) is 0.765. The topological polar surface area (TPSA) is 52.6 Å². The van der Waals surface area contributed by atoms with E-state index in [1.165, 1.54) is 6.92 Å². The van der Waals surface area contributed by atoms with Crippen LogP contribution in [0.15, 0.2) is 11.6 Å². The maximum Gasteiger partial charge on any atom is 0.391 e. The summed E-state index contributed by atoms with van der Waals surface area (Å²) in [5.41, 5.74) is -0.180. The average molecular weight is 402 g/mol. The van der Waals surface area contributed by atoms with Crippen molar-refractivity contribution in [3.63, 3.8) is 0 Å². The number of rotatable bonds is 4. The van der Waals surface area contributed by atoms with Crippen molar-refractivity contribution in [2.24, 2.45) is 11.8 Å². The second-order valence-electron chi connectivity index (χ2n) is 7.02. The lowest BCUT2D eigenvalue weighted by Gasteiger charge is -2.16. The van der Waals surface area contributed by atoms with Gasteiger partial charge in [-0.1, -0.05) is 0 Å². The van der Waals surface area contributed by atoms with E-state index in [0.717, 1.165) is 6.08 Å². The summed E-state index contributed by atoms with van der Waals surface area (Å²) in [6.45, 7) is 1.23. The second kappa shape index (κ2) is 8.10. The van der Waals surface area contributed by atoms with E-state index in [4.69, 9.17) is 9.47 Å². The van der Waals surface area contributed by atoms with Gasteiger partial charge in [0, 0.05) is 11.6 Å². The molecule has 0 spiro atoms. The molecule has 0 aromatic heterocycles. The van der Waals surface area contributed by atoms with Crippen LogP contribution in [0.25, 0.3) is 0 Å². The largest absolute Gasteiger partial charge is 0.459 e. The fourth-order valence-corrected chi connectivity index (χ4v) is 3.37. The Bertz CT molecular complexity index is 595. The molecule has 2 rings (SSSR count). The molecule has 0 aromatic carbocycles. The van der Waals surface area contributed by atoms with Gasteiger partial charge < -0.3 is 9.47 Å². The number of hydrogen-bond acceptors (Lipinski definition) is 4. The smallest absolute Gasteiger partial charge is 0.391 e. The highest BCUT2D eigenvalue weighted by Crippen LogP contribution is 2.41. The Morgan fingerprint density at radius 1 is 0.815 bits per heavy atom. The summed E-state index contributed by atoms with van der Waals surface area (Å²) in [4.78, 5) is 23.6. The van der Waals surface area contributed by atoms with Crippen LogP contribution in [0.1, 0.15) is 45.4 Å².